The number of hydrogen-bond donors (Lipinski definition) is 1. The molecule has 0 spiro atoms. The first-order valence-electron chi connectivity index (χ1n) is 7.49. The summed E-state index contributed by atoms with van der Waals surface area (Å²) in [6.07, 6.45) is 4.87. The van der Waals surface area contributed by atoms with Gasteiger partial charge in [-0.3, -0.25) is 10.1 Å². The van der Waals surface area contributed by atoms with Crippen molar-refractivity contribution in [2.75, 3.05) is 6.54 Å². The van der Waals surface area contributed by atoms with Gasteiger partial charge in [0.15, 0.2) is 0 Å². The number of benzene rings is 1. The van der Waals surface area contributed by atoms with Gasteiger partial charge in [0.1, 0.15) is 0 Å². The summed E-state index contributed by atoms with van der Waals surface area (Å²) in [6, 6.07) is 4.82. The number of nitrogens with one attached hydrogen (secondary N) is 1. The van der Waals surface area contributed by atoms with E-state index < -0.39 is 0 Å². The van der Waals surface area contributed by atoms with Gasteiger partial charge >= 0.3 is 0 Å². The summed E-state index contributed by atoms with van der Waals surface area (Å²) < 4.78 is 0. The van der Waals surface area contributed by atoms with E-state index in [1.165, 1.54) is 25.3 Å². The maximum Gasteiger partial charge on any atom is 0.275 e. The van der Waals surface area contributed by atoms with Gasteiger partial charge in [-0.15, -0.1) is 0 Å². The lowest BCUT2D eigenvalue weighted by Gasteiger charge is -2.25. The summed E-state index contributed by atoms with van der Waals surface area (Å²) in [5.74, 6) is 0. The first-order valence-corrected chi connectivity index (χ1v) is 7.87. The predicted octanol–water partition coefficient (Wildman–Crippen LogP) is 4.94. The van der Waals surface area contributed by atoms with Gasteiger partial charge in [0.05, 0.1) is 4.92 Å². The first-order chi connectivity index (χ1) is 9.85. The lowest BCUT2D eigenvalue weighted by molar-refractivity contribution is -0.385. The number of nitro groups is 1. The average Bonchev–Trinajstić information content (AvgIpc) is 2.40. The Morgan fingerprint density at radius 2 is 2.05 bits per heavy atom. The Kier molecular flexibility index (Phi) is 7.12. The molecule has 0 atom stereocenters. The van der Waals surface area contributed by atoms with Gasteiger partial charge in [0.2, 0.25) is 0 Å². The number of nitro benzene ring substituents is 1. The molecule has 1 rings (SSSR count). The quantitative estimate of drug-likeness (QED) is 0.399. The van der Waals surface area contributed by atoms with E-state index in [4.69, 9.17) is 11.6 Å². The molecular formula is C16H25ClN2O2. The minimum absolute atomic E-state index is 0.0822. The summed E-state index contributed by atoms with van der Waals surface area (Å²) in [5, 5.41) is 14.8. The van der Waals surface area contributed by atoms with E-state index in [1.807, 2.05) is 0 Å². The predicted molar refractivity (Wildman–Crippen MR) is 87.7 cm³/mol. The van der Waals surface area contributed by atoms with Crippen molar-refractivity contribution in [3.05, 3.63) is 38.9 Å². The van der Waals surface area contributed by atoms with Crippen LogP contribution in [0.3, 0.4) is 0 Å². The Morgan fingerprint density at radius 1 is 1.33 bits per heavy atom. The van der Waals surface area contributed by atoms with Crippen molar-refractivity contribution in [1.29, 1.82) is 0 Å². The summed E-state index contributed by atoms with van der Waals surface area (Å²) in [5.41, 5.74) is 0.962. The van der Waals surface area contributed by atoms with Crippen molar-refractivity contribution in [1.82, 2.24) is 5.32 Å². The number of rotatable bonds is 9. The van der Waals surface area contributed by atoms with Crippen molar-refractivity contribution in [3.63, 3.8) is 0 Å². The average molecular weight is 313 g/mol. The van der Waals surface area contributed by atoms with Crippen molar-refractivity contribution >= 4 is 17.3 Å². The van der Waals surface area contributed by atoms with Gasteiger partial charge in [-0.25, -0.2) is 0 Å². The van der Waals surface area contributed by atoms with E-state index in [1.54, 1.807) is 12.1 Å². The molecule has 0 amide bonds. The number of unbranched alkanes of at least 4 members (excludes halogenated alkanes) is 2. The highest BCUT2D eigenvalue weighted by Crippen LogP contribution is 2.25. The van der Waals surface area contributed by atoms with Gasteiger partial charge in [-0.2, -0.15) is 0 Å². The van der Waals surface area contributed by atoms with E-state index >= 15 is 0 Å². The van der Waals surface area contributed by atoms with Crippen LogP contribution in [0, 0.1) is 15.5 Å². The van der Waals surface area contributed by atoms with Crippen molar-refractivity contribution in [2.45, 2.75) is 53.0 Å². The third kappa shape index (κ3) is 6.44. The van der Waals surface area contributed by atoms with Crippen LogP contribution in [-0.2, 0) is 6.54 Å². The molecule has 0 bridgehead atoms. The minimum atomic E-state index is -0.380. The van der Waals surface area contributed by atoms with Crippen LogP contribution in [-0.4, -0.2) is 11.5 Å². The summed E-state index contributed by atoms with van der Waals surface area (Å²) >= 11 is 5.81. The van der Waals surface area contributed by atoms with Crippen LogP contribution in [0.15, 0.2) is 18.2 Å². The molecule has 4 nitrogen and oxygen atoms in total. The van der Waals surface area contributed by atoms with Crippen molar-refractivity contribution < 1.29 is 4.92 Å². The van der Waals surface area contributed by atoms with E-state index in [9.17, 15) is 10.1 Å². The lowest BCUT2D eigenvalue weighted by atomic mass is 9.87. The fourth-order valence-electron chi connectivity index (χ4n) is 2.33. The van der Waals surface area contributed by atoms with Crippen molar-refractivity contribution in [3.8, 4) is 0 Å². The minimum Gasteiger partial charge on any atom is -0.312 e. The third-order valence-corrected chi connectivity index (χ3v) is 3.86. The van der Waals surface area contributed by atoms with Crippen LogP contribution in [0.4, 0.5) is 5.69 Å². The molecule has 0 fully saturated rings. The molecule has 1 aromatic rings. The molecule has 0 aromatic heterocycles. The Morgan fingerprint density at radius 3 is 2.67 bits per heavy atom. The van der Waals surface area contributed by atoms with Gasteiger partial charge in [0.25, 0.3) is 5.69 Å². The lowest BCUT2D eigenvalue weighted by Crippen LogP contribution is -2.29. The van der Waals surface area contributed by atoms with E-state index in [0.717, 1.165) is 13.0 Å². The van der Waals surface area contributed by atoms with E-state index in [2.05, 4.69) is 26.1 Å². The molecule has 0 saturated carbocycles. The second-order valence-electron chi connectivity index (χ2n) is 6.26. The molecular weight excluding hydrogens is 288 g/mol. The zero-order valence-electron chi connectivity index (χ0n) is 13.1. The second kappa shape index (κ2) is 8.35. The topological polar surface area (TPSA) is 55.2 Å². The molecule has 0 aliphatic carbocycles. The highest BCUT2D eigenvalue weighted by atomic mass is 35.5. The van der Waals surface area contributed by atoms with Crippen LogP contribution in [0.25, 0.3) is 0 Å². The zero-order chi connectivity index (χ0) is 15.9. The molecule has 1 aromatic carbocycles. The molecule has 0 saturated heterocycles. The highest BCUT2D eigenvalue weighted by molar-refractivity contribution is 6.30. The molecule has 0 heterocycles. The molecule has 5 heteroatoms. The van der Waals surface area contributed by atoms with Crippen LogP contribution in [0.1, 0.15) is 52.0 Å². The fourth-order valence-corrected chi connectivity index (χ4v) is 2.50. The Bertz CT molecular complexity index is 475. The van der Waals surface area contributed by atoms with E-state index in [0.29, 0.717) is 17.1 Å². The van der Waals surface area contributed by atoms with E-state index in [-0.39, 0.29) is 16.0 Å². The molecule has 1 N–H and O–H groups in total. The van der Waals surface area contributed by atoms with Crippen LogP contribution in [0.5, 0.6) is 0 Å². The molecule has 0 aliphatic rings. The summed E-state index contributed by atoms with van der Waals surface area (Å²) in [7, 11) is 0. The Hall–Kier alpha value is -1.13. The van der Waals surface area contributed by atoms with Crippen LogP contribution < -0.4 is 5.32 Å². The van der Waals surface area contributed by atoms with Crippen LogP contribution >= 0.6 is 11.6 Å². The second-order valence-corrected chi connectivity index (χ2v) is 6.69. The van der Waals surface area contributed by atoms with Gasteiger partial charge in [-0.05, 0) is 24.0 Å². The maximum absolute atomic E-state index is 11.0. The van der Waals surface area contributed by atoms with Gasteiger partial charge in [0, 0.05) is 29.7 Å². The number of hydrogen-bond acceptors (Lipinski definition) is 3. The Balaban J connectivity index is 2.54. The first kappa shape index (κ1) is 17.9. The largest absolute Gasteiger partial charge is 0.312 e. The fraction of sp³-hybridized carbons (Fsp3) is 0.625. The Labute approximate surface area is 132 Å². The number of halogens is 1. The highest BCUT2D eigenvalue weighted by Gasteiger charge is 2.18. The normalized spacial score (nSPS) is 11.6. The summed E-state index contributed by atoms with van der Waals surface area (Å²) in [4.78, 5) is 10.6. The number of nitrogens with zero attached hydrogens (tertiary/aromatic N) is 1. The molecule has 0 unspecified atom stereocenters. The van der Waals surface area contributed by atoms with Crippen LogP contribution in [0.2, 0.25) is 5.02 Å². The SMILES string of the molecule is CCCCCC(C)(C)CNCc1ccc(Cl)cc1[N+](=O)[O-]. The molecule has 0 aliphatic heterocycles. The monoisotopic (exact) mass is 312 g/mol. The molecule has 21 heavy (non-hydrogen) atoms. The zero-order valence-corrected chi connectivity index (χ0v) is 13.9. The summed E-state index contributed by atoms with van der Waals surface area (Å²) in [6.45, 7) is 7.99. The maximum atomic E-state index is 11.0. The third-order valence-electron chi connectivity index (χ3n) is 3.62. The smallest absolute Gasteiger partial charge is 0.275 e. The molecule has 0 radical (unpaired) electrons. The van der Waals surface area contributed by atoms with Gasteiger partial charge in [-0.1, -0.05) is 51.6 Å². The van der Waals surface area contributed by atoms with Crippen molar-refractivity contribution in [2.24, 2.45) is 5.41 Å². The van der Waals surface area contributed by atoms with Gasteiger partial charge < -0.3 is 5.32 Å². The molecule has 118 valence electrons. The standard InChI is InChI=1S/C16H25ClN2O2/c1-4-5-6-9-16(2,3)12-18-11-13-7-8-14(17)10-15(13)19(20)21/h7-8,10,18H,4-6,9,11-12H2,1-3H3.